The summed E-state index contributed by atoms with van der Waals surface area (Å²) in [4.78, 5) is 29.6. The van der Waals surface area contributed by atoms with E-state index in [4.69, 9.17) is 0 Å². The van der Waals surface area contributed by atoms with Crippen LogP contribution in [0.15, 0.2) is 79.0 Å². The quantitative estimate of drug-likeness (QED) is 0.419. The van der Waals surface area contributed by atoms with Crippen LogP contribution in [-0.2, 0) is 17.8 Å². The minimum absolute atomic E-state index is 0.0365. The number of anilines is 1. The van der Waals surface area contributed by atoms with Crippen molar-refractivity contribution in [2.24, 2.45) is 5.92 Å². The molecule has 0 bridgehead atoms. The molecule has 6 nitrogen and oxygen atoms in total. The Labute approximate surface area is 193 Å². The summed E-state index contributed by atoms with van der Waals surface area (Å²) in [6.45, 7) is 4.79. The zero-order valence-electron chi connectivity index (χ0n) is 18.9. The van der Waals surface area contributed by atoms with Gasteiger partial charge in [0.05, 0.1) is 0 Å². The molecule has 2 N–H and O–H groups in total. The molecule has 0 saturated heterocycles. The van der Waals surface area contributed by atoms with Gasteiger partial charge in [0.2, 0.25) is 5.91 Å². The van der Waals surface area contributed by atoms with E-state index in [-0.39, 0.29) is 17.7 Å². The zero-order valence-corrected chi connectivity index (χ0v) is 18.9. The highest BCUT2D eigenvalue weighted by atomic mass is 16.2. The van der Waals surface area contributed by atoms with Gasteiger partial charge in [-0.25, -0.2) is 0 Å². The summed E-state index contributed by atoms with van der Waals surface area (Å²) in [5.74, 6) is -0.278. The summed E-state index contributed by atoms with van der Waals surface area (Å²) in [6, 6.07) is 23.5. The first-order valence-electron chi connectivity index (χ1n) is 11.2. The van der Waals surface area contributed by atoms with Crippen LogP contribution in [0.4, 0.5) is 5.69 Å². The highest BCUT2D eigenvalue weighted by molar-refractivity contribution is 6.00. The van der Waals surface area contributed by atoms with Crippen molar-refractivity contribution in [3.05, 3.63) is 95.9 Å². The van der Waals surface area contributed by atoms with E-state index in [1.54, 1.807) is 6.20 Å². The molecule has 4 aromatic rings. The van der Waals surface area contributed by atoms with E-state index < -0.39 is 0 Å². The molecule has 2 aromatic heterocycles. The van der Waals surface area contributed by atoms with Crippen LogP contribution in [-0.4, -0.2) is 27.9 Å². The van der Waals surface area contributed by atoms with Crippen LogP contribution in [0.3, 0.4) is 0 Å². The van der Waals surface area contributed by atoms with Gasteiger partial charge in [0.15, 0.2) is 0 Å². The fourth-order valence-corrected chi connectivity index (χ4v) is 3.70. The second-order valence-corrected chi connectivity index (χ2v) is 8.35. The number of nitrogens with zero attached hydrogens (tertiary/aromatic N) is 2. The third-order valence-electron chi connectivity index (χ3n) is 5.50. The van der Waals surface area contributed by atoms with E-state index in [9.17, 15) is 9.59 Å². The van der Waals surface area contributed by atoms with Gasteiger partial charge in [-0.1, -0.05) is 50.2 Å². The fourth-order valence-electron chi connectivity index (χ4n) is 3.70. The van der Waals surface area contributed by atoms with Crippen molar-refractivity contribution in [1.29, 1.82) is 0 Å². The maximum absolute atomic E-state index is 13.1. The lowest BCUT2D eigenvalue weighted by molar-refractivity contribution is -0.118. The van der Waals surface area contributed by atoms with Crippen molar-refractivity contribution in [3.63, 3.8) is 0 Å². The summed E-state index contributed by atoms with van der Waals surface area (Å²) in [7, 11) is 0. The molecule has 33 heavy (non-hydrogen) atoms. The molecule has 168 valence electrons. The van der Waals surface area contributed by atoms with Gasteiger partial charge < -0.3 is 15.2 Å². The number of fused-ring (bicyclic) bond motifs is 1. The lowest BCUT2D eigenvalue weighted by Crippen LogP contribution is -2.28. The number of amides is 2. The van der Waals surface area contributed by atoms with Gasteiger partial charge in [-0.05, 0) is 42.0 Å². The Morgan fingerprint density at radius 2 is 1.76 bits per heavy atom. The zero-order chi connectivity index (χ0) is 23.2. The Kier molecular flexibility index (Phi) is 6.83. The Bertz CT molecular complexity index is 1250. The van der Waals surface area contributed by atoms with Gasteiger partial charge in [-0.15, -0.1) is 0 Å². The van der Waals surface area contributed by atoms with Crippen molar-refractivity contribution in [2.45, 2.75) is 26.8 Å². The van der Waals surface area contributed by atoms with Gasteiger partial charge >= 0.3 is 0 Å². The molecular formula is C27H28N4O2. The molecule has 0 atom stereocenters. The highest BCUT2D eigenvalue weighted by Crippen LogP contribution is 2.25. The second kappa shape index (κ2) is 10.1. The van der Waals surface area contributed by atoms with Crippen LogP contribution in [0.25, 0.3) is 10.9 Å². The van der Waals surface area contributed by atoms with E-state index in [0.29, 0.717) is 25.2 Å². The Morgan fingerprint density at radius 1 is 0.970 bits per heavy atom. The molecule has 0 fully saturated rings. The van der Waals surface area contributed by atoms with Gasteiger partial charge in [0.1, 0.15) is 5.69 Å². The molecule has 0 aliphatic carbocycles. The van der Waals surface area contributed by atoms with E-state index in [1.165, 1.54) is 0 Å². The van der Waals surface area contributed by atoms with Crippen LogP contribution in [0, 0.1) is 5.92 Å². The lowest BCUT2D eigenvalue weighted by atomic mass is 10.2. The summed E-state index contributed by atoms with van der Waals surface area (Å²) < 4.78 is 2.02. The molecule has 2 amide bonds. The number of hydrogen-bond acceptors (Lipinski definition) is 3. The van der Waals surface area contributed by atoms with Crippen LogP contribution in [0.2, 0.25) is 0 Å². The second-order valence-electron chi connectivity index (χ2n) is 8.35. The summed E-state index contributed by atoms with van der Waals surface area (Å²) in [6.07, 6.45) is 2.42. The van der Waals surface area contributed by atoms with Crippen molar-refractivity contribution in [2.75, 3.05) is 11.9 Å². The lowest BCUT2D eigenvalue weighted by Gasteiger charge is -2.12. The van der Waals surface area contributed by atoms with Crippen molar-refractivity contribution in [3.8, 4) is 0 Å². The molecule has 0 aliphatic heterocycles. The van der Waals surface area contributed by atoms with Crippen molar-refractivity contribution in [1.82, 2.24) is 14.9 Å². The Morgan fingerprint density at radius 3 is 2.48 bits per heavy atom. The van der Waals surface area contributed by atoms with Crippen LogP contribution in [0.5, 0.6) is 0 Å². The largest absolute Gasteiger partial charge is 0.350 e. The molecule has 2 heterocycles. The molecule has 4 rings (SSSR count). The standard InChI is InChI=1S/C27H28N4O2/c1-19(2)26(32)30-23-11-12-24-21(16-23)17-25(31(24)18-20-8-4-3-5-9-20)27(33)29-15-13-22-10-6-7-14-28-22/h3-12,14,16-17,19H,13,15,18H2,1-2H3,(H,29,33)(H,30,32). The van der Waals surface area contributed by atoms with Gasteiger partial charge in [-0.2, -0.15) is 0 Å². The minimum atomic E-state index is -0.133. The summed E-state index contributed by atoms with van der Waals surface area (Å²) in [5, 5.41) is 6.87. The summed E-state index contributed by atoms with van der Waals surface area (Å²) in [5.41, 5.74) is 4.29. The van der Waals surface area contributed by atoms with E-state index >= 15 is 0 Å². The average Bonchev–Trinajstić information content (AvgIpc) is 3.18. The molecule has 0 radical (unpaired) electrons. The number of benzene rings is 2. The Hall–Kier alpha value is -3.93. The van der Waals surface area contributed by atoms with Crippen LogP contribution < -0.4 is 10.6 Å². The number of nitrogens with one attached hydrogen (secondary N) is 2. The average molecular weight is 441 g/mol. The van der Waals surface area contributed by atoms with Crippen LogP contribution in [0.1, 0.15) is 35.6 Å². The van der Waals surface area contributed by atoms with E-state index in [2.05, 4.69) is 15.6 Å². The summed E-state index contributed by atoms with van der Waals surface area (Å²) >= 11 is 0. The SMILES string of the molecule is CC(C)C(=O)Nc1ccc2c(c1)cc(C(=O)NCCc1ccccn1)n2Cc1ccccc1. The van der Waals surface area contributed by atoms with Crippen molar-refractivity contribution >= 4 is 28.4 Å². The normalized spacial score (nSPS) is 11.0. The third kappa shape index (κ3) is 5.47. The number of aromatic nitrogens is 2. The first kappa shape index (κ1) is 22.3. The predicted molar refractivity (Wildman–Crippen MR) is 131 cm³/mol. The highest BCUT2D eigenvalue weighted by Gasteiger charge is 2.17. The number of pyridine rings is 1. The maximum Gasteiger partial charge on any atom is 0.267 e. The van der Waals surface area contributed by atoms with E-state index in [1.807, 2.05) is 91.2 Å². The number of carbonyl (C=O) groups excluding carboxylic acids is 2. The Balaban J connectivity index is 1.61. The van der Waals surface area contributed by atoms with Gasteiger partial charge in [0.25, 0.3) is 5.91 Å². The molecule has 6 heteroatoms. The molecule has 2 aromatic carbocycles. The first-order valence-corrected chi connectivity index (χ1v) is 11.2. The topological polar surface area (TPSA) is 76.0 Å². The molecule has 0 aliphatic rings. The molecule has 0 unspecified atom stereocenters. The van der Waals surface area contributed by atoms with Crippen LogP contribution >= 0.6 is 0 Å². The maximum atomic E-state index is 13.1. The number of carbonyl (C=O) groups is 2. The third-order valence-corrected chi connectivity index (χ3v) is 5.50. The van der Waals surface area contributed by atoms with Crippen molar-refractivity contribution < 1.29 is 9.59 Å². The monoisotopic (exact) mass is 440 g/mol. The minimum Gasteiger partial charge on any atom is -0.350 e. The molecule has 0 spiro atoms. The number of hydrogen-bond donors (Lipinski definition) is 2. The predicted octanol–water partition coefficient (Wildman–Crippen LogP) is 4.65. The van der Waals surface area contributed by atoms with E-state index in [0.717, 1.165) is 27.8 Å². The molecular weight excluding hydrogens is 412 g/mol. The fraction of sp³-hybridized carbons (Fsp3) is 0.222. The van der Waals surface area contributed by atoms with Gasteiger partial charge in [0, 0.05) is 53.9 Å². The molecule has 0 saturated carbocycles. The number of rotatable bonds is 8. The van der Waals surface area contributed by atoms with Gasteiger partial charge in [-0.3, -0.25) is 14.6 Å². The first-order chi connectivity index (χ1) is 16.0. The smallest absolute Gasteiger partial charge is 0.267 e.